The Morgan fingerprint density at radius 2 is 0.360 bits per heavy atom. The number of benzene rings is 10. The van der Waals surface area contributed by atoms with Gasteiger partial charge in [-0.25, -0.2) is 24.0 Å². The Morgan fingerprint density at radius 3 is 0.478 bits per heavy atom. The van der Waals surface area contributed by atoms with E-state index in [0.29, 0.717) is 85.4 Å². The van der Waals surface area contributed by atoms with Crippen molar-refractivity contribution in [1.29, 1.82) is 0 Å². The molecule has 10 aromatic rings. The summed E-state index contributed by atoms with van der Waals surface area (Å²) in [6, 6.07) is 74.5. The van der Waals surface area contributed by atoms with Gasteiger partial charge in [0.2, 0.25) is 0 Å². The van der Waals surface area contributed by atoms with Gasteiger partial charge in [0.25, 0.3) is 0 Å². The summed E-state index contributed by atoms with van der Waals surface area (Å²) in [4.78, 5) is 110. The van der Waals surface area contributed by atoms with Crippen LogP contribution in [0.15, 0.2) is 298 Å². The smallest absolute Gasteiger partial charge is 0.550 e. The summed E-state index contributed by atoms with van der Waals surface area (Å²) in [6.45, 7) is 23.0. The van der Waals surface area contributed by atoms with Crippen LogP contribution in [0.2, 0.25) is 0 Å². The fourth-order valence-corrected chi connectivity index (χ4v) is 28.2. The van der Waals surface area contributed by atoms with Crippen molar-refractivity contribution in [1.82, 2.24) is 0 Å². The van der Waals surface area contributed by atoms with Gasteiger partial charge in [-0.15, -0.1) is 58.8 Å². The van der Waals surface area contributed by atoms with E-state index in [2.05, 4.69) is 245 Å². The van der Waals surface area contributed by atoms with Gasteiger partial charge >= 0.3 is 52.2 Å². The molecule has 0 saturated heterocycles. The Kier molecular flexibility index (Phi) is 39.6. The molecule has 10 fully saturated rings. The Hall–Kier alpha value is -10.6. The van der Waals surface area contributed by atoms with Gasteiger partial charge in [-0.3, -0.25) is 0 Å². The van der Waals surface area contributed by atoms with Crippen molar-refractivity contribution in [2.75, 3.05) is 0 Å². The molecule has 10 bridgehead atoms. The van der Waals surface area contributed by atoms with Gasteiger partial charge in [-0.05, 0) is 305 Å². The predicted molar refractivity (Wildman–Crippen MR) is 527 cm³/mol. The zero-order valence-corrected chi connectivity index (χ0v) is 84.0. The van der Waals surface area contributed by atoms with Crippen molar-refractivity contribution >= 4 is 172 Å². The van der Waals surface area contributed by atoms with E-state index in [9.17, 15) is 73.5 Å². The monoisotopic (exact) mass is 2100 g/mol. The summed E-state index contributed by atoms with van der Waals surface area (Å²) < 4.78 is 0. The molecule has 0 amide bonds. The summed E-state index contributed by atoms with van der Waals surface area (Å²) in [7, 11) is 0. The van der Waals surface area contributed by atoms with Crippen LogP contribution in [0.3, 0.4) is 0 Å². The molecule has 10 aliphatic carbocycles. The molecule has 20 rings (SSSR count). The van der Waals surface area contributed by atoms with Gasteiger partial charge in [0.05, 0.1) is 0 Å². The van der Waals surface area contributed by atoms with Gasteiger partial charge in [0.15, 0.2) is 0 Å². The van der Waals surface area contributed by atoms with Crippen LogP contribution in [0.25, 0.3) is 53.9 Å². The fourth-order valence-electron chi connectivity index (χ4n) is 20.5. The van der Waals surface area contributed by atoms with Gasteiger partial charge in [0, 0.05) is 138 Å². The molecule has 5 N–H and O–H groups in total. The average Bonchev–Trinajstić information content (AvgIpc) is 1.65. The molecular weight excluding hydrogens is 1980 g/mol. The standard InChI is InChI=1S/5C18H18O2S.5C4H6O2.Ta/c5*19-18(20)16-8-11-7-15(16)17(9-11)21-14-6-5-12-3-1-2-4-13(12)10-14;5*1-3(2)4(5)6;/h5*1-6,10-11,15-17H,7-9H2,(H,19,20);5*1H2,2H3,(H,5,6);/q;;;;;;;;;;+5/p-5. The van der Waals surface area contributed by atoms with Crippen LogP contribution in [0.1, 0.15) is 131 Å². The second kappa shape index (κ2) is 50.1. The number of carbonyl (C=O) groups excluding carboxylic acids is 5. The summed E-state index contributed by atoms with van der Waals surface area (Å²) in [5, 5.41) is 110. The van der Waals surface area contributed by atoms with Crippen LogP contribution in [-0.2, 0) is 70.3 Å². The molecule has 0 aliphatic heterocycles. The van der Waals surface area contributed by atoms with E-state index in [1.54, 1.807) is 0 Å². The number of hydrogen-bond donors (Lipinski definition) is 5. The van der Waals surface area contributed by atoms with E-state index in [-0.39, 0.29) is 79.8 Å². The Morgan fingerprint density at radius 1 is 0.228 bits per heavy atom. The minimum Gasteiger partial charge on any atom is -0.550 e. The second-order valence-corrected chi connectivity index (χ2v) is 43.6. The molecule has 0 heterocycles. The van der Waals surface area contributed by atoms with Gasteiger partial charge < -0.3 is 75.0 Å². The fraction of sp³-hybridized carbons (Fsp3) is 0.364. The van der Waals surface area contributed by atoms with Crippen LogP contribution in [-0.4, -0.2) is 111 Å². The van der Waals surface area contributed by atoms with Crippen molar-refractivity contribution < 1.29 is 121 Å². The Balaban J connectivity index is 0.000000163. The topological polar surface area (TPSA) is 387 Å². The predicted octanol–water partition coefficient (Wildman–Crippen LogP) is 18.7. The number of carboxylic acid groups (broad SMARTS) is 10. The number of thioether (sulfide) groups is 5. The first-order valence-electron chi connectivity index (χ1n) is 45.5. The van der Waals surface area contributed by atoms with Gasteiger partial charge in [-0.1, -0.05) is 185 Å². The van der Waals surface area contributed by atoms with Gasteiger partial charge in [-0.2, -0.15) is 0 Å². The molecule has 710 valence electrons. The minimum atomic E-state index is -0.935. The number of fused-ring (bicyclic) bond motifs is 15. The minimum absolute atomic E-state index is 0. The third-order valence-electron chi connectivity index (χ3n) is 27.1. The maximum absolute atomic E-state index is 11.2. The van der Waals surface area contributed by atoms with Crippen LogP contribution < -0.4 is 25.5 Å². The van der Waals surface area contributed by atoms with E-state index in [0.717, 1.165) is 96.3 Å². The van der Waals surface area contributed by atoms with Crippen LogP contribution in [0.5, 0.6) is 0 Å². The molecule has 10 saturated carbocycles. The van der Waals surface area contributed by atoms with Crippen LogP contribution in [0, 0.1) is 88.8 Å². The first-order valence-corrected chi connectivity index (χ1v) is 49.9. The largest absolute Gasteiger partial charge is 5.00 e. The summed E-state index contributed by atoms with van der Waals surface area (Å²) >= 11 is 9.30. The zero-order valence-electron chi connectivity index (χ0n) is 76.7. The average molecular weight is 2100 g/mol. The molecule has 10 aromatic carbocycles. The number of carbonyl (C=O) groups is 10. The molecule has 10 aliphatic rings. The number of carboxylic acids is 10. The number of hydrogen-bond acceptors (Lipinski definition) is 20. The molecule has 26 heteroatoms. The van der Waals surface area contributed by atoms with Crippen molar-refractivity contribution in [2.24, 2.45) is 88.8 Å². The third-order valence-corrected chi connectivity index (χ3v) is 34.0. The first kappa shape index (κ1) is 107. The zero-order chi connectivity index (χ0) is 97.8. The van der Waals surface area contributed by atoms with Crippen LogP contribution >= 0.6 is 58.8 Å². The second-order valence-electron chi connectivity index (χ2n) is 37.1. The van der Waals surface area contributed by atoms with Crippen molar-refractivity contribution in [3.8, 4) is 0 Å². The van der Waals surface area contributed by atoms with E-state index in [4.69, 9.17) is 25.5 Å². The SMILES string of the molecule is C=C(C)C(=O)O.C=C(C)C(=O)O.C=C(C)C(=O)O.C=C(C)C(=O)O.C=C(C)C(=O)O.O=C([O-])C1CC2CC(Sc3ccc4ccccc4c3)C1C2.O=C([O-])C1CC2CC(Sc3ccc4ccccc4c3)C1C2.O=C([O-])C1CC2CC(Sc3ccc4ccccc4c3)C1C2.O=C([O-])C1CC2CC(Sc3ccc4ccccc4c3)C1C2.O=C([O-])C1CC2CC(Sc3ccc4ccccc4c3)C1C2.[Ta+5]. The van der Waals surface area contributed by atoms with Crippen molar-refractivity contribution in [2.45, 2.75) is 182 Å². The molecule has 0 spiro atoms. The quantitative estimate of drug-likeness (QED) is 0.0442. The van der Waals surface area contributed by atoms with E-state index < -0.39 is 59.7 Å². The van der Waals surface area contributed by atoms with Crippen LogP contribution in [0.4, 0.5) is 0 Å². The molecule has 136 heavy (non-hydrogen) atoms. The molecular formula is C110H115O20S5Ta. The van der Waals surface area contributed by atoms with Crippen molar-refractivity contribution in [3.05, 3.63) is 273 Å². The first-order chi connectivity index (χ1) is 64.2. The number of aliphatic carboxylic acids is 10. The summed E-state index contributed by atoms with van der Waals surface area (Å²) in [5.74, 6) is -5.51. The van der Waals surface area contributed by atoms with E-state index in [1.165, 1.54) is 113 Å². The molecule has 0 aromatic heterocycles. The molecule has 20 atom stereocenters. The number of rotatable bonds is 20. The maximum atomic E-state index is 11.2. The third kappa shape index (κ3) is 29.7. The maximum Gasteiger partial charge on any atom is 5.00 e. The molecule has 0 radical (unpaired) electrons. The summed E-state index contributed by atoms with van der Waals surface area (Å²) in [6.07, 6.45) is 15.3. The van der Waals surface area contributed by atoms with Gasteiger partial charge in [0.1, 0.15) is 0 Å². The normalized spacial score (nSPS) is 25.5. The Bertz CT molecular complexity index is 5170. The van der Waals surface area contributed by atoms with Crippen molar-refractivity contribution in [3.63, 3.8) is 0 Å². The molecule has 20 unspecified atom stereocenters. The Labute approximate surface area is 830 Å². The van der Waals surface area contributed by atoms with E-state index in [1.807, 2.05) is 58.8 Å². The molecule has 20 nitrogen and oxygen atoms in total. The summed E-state index contributed by atoms with van der Waals surface area (Å²) in [5.41, 5.74) is 0.880. The van der Waals surface area contributed by atoms with E-state index >= 15 is 0 Å².